The van der Waals surface area contributed by atoms with Crippen LogP contribution in [0.1, 0.15) is 27.7 Å². The molecule has 1 saturated heterocycles. The van der Waals surface area contributed by atoms with Crippen LogP contribution in [0, 0.1) is 0 Å². The van der Waals surface area contributed by atoms with Crippen molar-refractivity contribution in [2.75, 3.05) is 0 Å². The second-order valence-corrected chi connectivity index (χ2v) is 8.78. The fraction of sp³-hybridized carbons (Fsp3) is 0.273. The zero-order valence-corrected chi connectivity index (χ0v) is 16.5. The molecule has 0 spiro atoms. The minimum atomic E-state index is -1.48. The van der Waals surface area contributed by atoms with Crippen molar-refractivity contribution in [1.29, 1.82) is 0 Å². The predicted molar refractivity (Wildman–Crippen MR) is 116 cm³/mol. The van der Waals surface area contributed by atoms with E-state index in [1.165, 1.54) is 5.39 Å². The third-order valence-corrected chi connectivity index (χ3v) is 6.40. The average molecular weight is 372 g/mol. The van der Waals surface area contributed by atoms with Crippen molar-refractivity contribution in [3.8, 4) is 0 Å². The summed E-state index contributed by atoms with van der Waals surface area (Å²) in [6, 6.07) is 16.2. The number of rotatable bonds is 2. The Balaban J connectivity index is 1.71. The highest BCUT2D eigenvalue weighted by atomic mass is 16.7. The summed E-state index contributed by atoms with van der Waals surface area (Å²) in [5, 5.41) is 25.7. The maximum absolute atomic E-state index is 9.58. The molecule has 4 nitrogen and oxygen atoms in total. The molecule has 140 valence electrons. The molecule has 28 heavy (non-hydrogen) atoms. The summed E-state index contributed by atoms with van der Waals surface area (Å²) in [7, 11) is -1.88. The lowest BCUT2D eigenvalue weighted by Crippen LogP contribution is -2.41. The van der Waals surface area contributed by atoms with E-state index >= 15 is 0 Å². The van der Waals surface area contributed by atoms with Gasteiger partial charge in [-0.1, -0.05) is 48.5 Å². The molecule has 1 fully saturated rings. The summed E-state index contributed by atoms with van der Waals surface area (Å²) in [5.41, 5.74) is 0.759. The van der Waals surface area contributed by atoms with Crippen molar-refractivity contribution >= 4 is 57.5 Å². The van der Waals surface area contributed by atoms with Gasteiger partial charge in [0.25, 0.3) is 0 Å². The number of benzene rings is 4. The van der Waals surface area contributed by atoms with Gasteiger partial charge in [-0.25, -0.2) is 0 Å². The van der Waals surface area contributed by atoms with Crippen LogP contribution in [0.15, 0.2) is 48.5 Å². The van der Waals surface area contributed by atoms with Gasteiger partial charge in [0.15, 0.2) is 0 Å². The summed E-state index contributed by atoms with van der Waals surface area (Å²) in [6.45, 7) is 8.24. The molecule has 6 heteroatoms. The molecule has 5 rings (SSSR count). The van der Waals surface area contributed by atoms with Gasteiger partial charge in [-0.2, -0.15) is 0 Å². The minimum absolute atomic E-state index is 0.377. The monoisotopic (exact) mass is 372 g/mol. The van der Waals surface area contributed by atoms with Crippen LogP contribution in [0.5, 0.6) is 0 Å². The Hall–Kier alpha value is -2.11. The van der Waals surface area contributed by atoms with E-state index in [1.54, 1.807) is 0 Å². The van der Waals surface area contributed by atoms with E-state index in [0.717, 1.165) is 32.4 Å². The first-order valence-electron chi connectivity index (χ1n) is 9.60. The Kier molecular flexibility index (Phi) is 3.66. The molecule has 0 atom stereocenters. The van der Waals surface area contributed by atoms with E-state index in [1.807, 2.05) is 24.3 Å². The van der Waals surface area contributed by atoms with Crippen molar-refractivity contribution in [3.63, 3.8) is 0 Å². The molecule has 0 radical (unpaired) electrons. The first kappa shape index (κ1) is 18.0. The molecule has 0 saturated carbocycles. The van der Waals surface area contributed by atoms with Crippen molar-refractivity contribution in [3.05, 3.63) is 48.5 Å². The molecule has 2 N–H and O–H groups in total. The lowest BCUT2D eigenvalue weighted by atomic mass is 9.75. The quantitative estimate of drug-likeness (QED) is 0.420. The number of hydrogen-bond donors (Lipinski definition) is 2. The standard InChI is InChI=1S/C22H22B2O4/c1-21(2)22(3,4)28-24(27-21)18-11-15-7-5-13-9-17(23(25)26)10-14-6-8-16(12-18)20(15)19(13)14/h5-12,25-26H,1-4H3. The second kappa shape index (κ2) is 5.71. The van der Waals surface area contributed by atoms with Gasteiger partial charge in [0.2, 0.25) is 0 Å². The van der Waals surface area contributed by atoms with Crippen molar-refractivity contribution in [2.24, 2.45) is 0 Å². The van der Waals surface area contributed by atoms with Gasteiger partial charge in [0.05, 0.1) is 11.2 Å². The zero-order valence-electron chi connectivity index (χ0n) is 16.5. The zero-order chi connectivity index (χ0) is 19.8. The summed E-state index contributed by atoms with van der Waals surface area (Å²) < 4.78 is 12.5. The van der Waals surface area contributed by atoms with Gasteiger partial charge in [0.1, 0.15) is 0 Å². The molecular weight excluding hydrogens is 350 g/mol. The first-order chi connectivity index (χ1) is 13.2. The summed E-state index contributed by atoms with van der Waals surface area (Å²) in [4.78, 5) is 0. The van der Waals surface area contributed by atoms with Gasteiger partial charge < -0.3 is 19.4 Å². The van der Waals surface area contributed by atoms with Crippen LogP contribution in [-0.4, -0.2) is 35.5 Å². The number of hydrogen-bond acceptors (Lipinski definition) is 4. The maximum Gasteiger partial charge on any atom is 0.494 e. The van der Waals surface area contributed by atoms with Gasteiger partial charge in [-0.05, 0) is 70.9 Å². The second-order valence-electron chi connectivity index (χ2n) is 8.78. The smallest absolute Gasteiger partial charge is 0.423 e. The Morgan fingerprint density at radius 3 is 1.50 bits per heavy atom. The minimum Gasteiger partial charge on any atom is -0.423 e. The molecule has 1 aliphatic rings. The normalized spacial score (nSPS) is 18.6. The van der Waals surface area contributed by atoms with Crippen LogP contribution in [-0.2, 0) is 9.31 Å². The molecule has 1 heterocycles. The summed E-state index contributed by atoms with van der Waals surface area (Å²) in [5.74, 6) is 0. The van der Waals surface area contributed by atoms with E-state index in [4.69, 9.17) is 9.31 Å². The Morgan fingerprint density at radius 1 is 0.714 bits per heavy atom. The topological polar surface area (TPSA) is 58.9 Å². The predicted octanol–water partition coefficient (Wildman–Crippen LogP) is 2.56. The summed E-state index contributed by atoms with van der Waals surface area (Å²) in [6.07, 6.45) is 0. The third-order valence-electron chi connectivity index (χ3n) is 6.40. The van der Waals surface area contributed by atoms with Crippen molar-refractivity contribution in [2.45, 2.75) is 38.9 Å². The highest BCUT2D eigenvalue weighted by Crippen LogP contribution is 2.38. The van der Waals surface area contributed by atoms with Crippen molar-refractivity contribution in [1.82, 2.24) is 0 Å². The Labute approximate surface area is 164 Å². The van der Waals surface area contributed by atoms with E-state index in [2.05, 4.69) is 52.0 Å². The molecule has 0 aromatic heterocycles. The lowest BCUT2D eigenvalue weighted by molar-refractivity contribution is 0.00578. The van der Waals surface area contributed by atoms with Crippen LogP contribution in [0.3, 0.4) is 0 Å². The summed E-state index contributed by atoms with van der Waals surface area (Å²) >= 11 is 0. The van der Waals surface area contributed by atoms with Crippen LogP contribution in [0.25, 0.3) is 32.3 Å². The van der Waals surface area contributed by atoms with E-state index in [9.17, 15) is 10.0 Å². The molecule has 4 aromatic rings. The molecule has 4 aromatic carbocycles. The fourth-order valence-electron chi connectivity index (χ4n) is 4.15. The third kappa shape index (κ3) is 2.49. The van der Waals surface area contributed by atoms with Crippen molar-refractivity contribution < 1.29 is 19.4 Å². The van der Waals surface area contributed by atoms with E-state index < -0.39 is 14.2 Å². The van der Waals surface area contributed by atoms with Crippen LogP contribution < -0.4 is 10.9 Å². The fourth-order valence-corrected chi connectivity index (χ4v) is 4.15. The Bertz CT molecular complexity index is 1130. The van der Waals surface area contributed by atoms with Crippen LogP contribution in [0.4, 0.5) is 0 Å². The van der Waals surface area contributed by atoms with Gasteiger partial charge in [-0.15, -0.1) is 0 Å². The molecule has 1 aliphatic heterocycles. The molecule has 0 unspecified atom stereocenters. The van der Waals surface area contributed by atoms with Gasteiger partial charge in [-0.3, -0.25) is 0 Å². The molecule has 0 bridgehead atoms. The molecule has 0 amide bonds. The van der Waals surface area contributed by atoms with Crippen LogP contribution in [0.2, 0.25) is 0 Å². The van der Waals surface area contributed by atoms with Gasteiger partial charge >= 0.3 is 14.2 Å². The Morgan fingerprint density at radius 2 is 1.11 bits per heavy atom. The SMILES string of the molecule is CC1(C)OB(c2cc3ccc4cc(B(O)O)cc5ccc(c2)c3c45)OC1(C)C. The van der Waals surface area contributed by atoms with Gasteiger partial charge in [0, 0.05) is 0 Å². The lowest BCUT2D eigenvalue weighted by Gasteiger charge is -2.32. The average Bonchev–Trinajstić information content (AvgIpc) is 2.86. The highest BCUT2D eigenvalue weighted by Gasteiger charge is 2.51. The maximum atomic E-state index is 9.58. The van der Waals surface area contributed by atoms with E-state index in [0.29, 0.717) is 5.46 Å². The molecular formula is C22H22B2O4. The van der Waals surface area contributed by atoms with Crippen LogP contribution >= 0.6 is 0 Å². The first-order valence-corrected chi connectivity index (χ1v) is 9.60. The largest absolute Gasteiger partial charge is 0.494 e. The van der Waals surface area contributed by atoms with E-state index in [-0.39, 0.29) is 11.2 Å². The molecule has 0 aliphatic carbocycles. The highest BCUT2D eigenvalue weighted by molar-refractivity contribution is 6.63.